The van der Waals surface area contributed by atoms with Crippen LogP contribution in [0, 0.1) is 0 Å². The normalized spacial score (nSPS) is 11.8. The van der Waals surface area contributed by atoms with Crippen LogP contribution in [0.4, 0.5) is 11.4 Å². The molecule has 0 radical (unpaired) electrons. The minimum atomic E-state index is -0.650. The van der Waals surface area contributed by atoms with Gasteiger partial charge in [0, 0.05) is 37.2 Å². The zero-order valence-electron chi connectivity index (χ0n) is 12.4. The first kappa shape index (κ1) is 15.0. The van der Waals surface area contributed by atoms with Gasteiger partial charge in [0.15, 0.2) is 0 Å². The molecule has 0 bridgehead atoms. The molecular formula is C16H19N3O2. The van der Waals surface area contributed by atoms with Crippen LogP contribution in [0.15, 0.2) is 42.6 Å². The van der Waals surface area contributed by atoms with Crippen LogP contribution in [-0.2, 0) is 0 Å². The Morgan fingerprint density at radius 1 is 1.29 bits per heavy atom. The summed E-state index contributed by atoms with van der Waals surface area (Å²) in [5.41, 5.74) is 2.50. The van der Waals surface area contributed by atoms with Crippen molar-refractivity contribution < 1.29 is 9.90 Å². The Kier molecular flexibility index (Phi) is 4.55. The maximum absolute atomic E-state index is 12.3. The highest BCUT2D eigenvalue weighted by Crippen LogP contribution is 2.23. The number of pyridine rings is 1. The molecule has 110 valence electrons. The number of aromatic nitrogens is 1. The van der Waals surface area contributed by atoms with Crippen molar-refractivity contribution in [2.75, 3.05) is 24.3 Å². The number of carbonyl (C=O) groups is 1. The Hall–Kier alpha value is -2.40. The smallest absolute Gasteiger partial charge is 0.274 e. The molecule has 1 heterocycles. The molecule has 0 aliphatic rings. The van der Waals surface area contributed by atoms with Crippen molar-refractivity contribution in [2.24, 2.45) is 0 Å². The minimum Gasteiger partial charge on any atom is -0.389 e. The molecule has 0 spiro atoms. The number of hydrogen-bond donors (Lipinski definition) is 2. The van der Waals surface area contributed by atoms with Crippen molar-refractivity contribution in [3.05, 3.63) is 53.9 Å². The first-order valence-electron chi connectivity index (χ1n) is 6.70. The summed E-state index contributed by atoms with van der Waals surface area (Å²) in [5.74, 6) is -0.299. The van der Waals surface area contributed by atoms with E-state index >= 15 is 0 Å². The summed E-state index contributed by atoms with van der Waals surface area (Å²) in [4.78, 5) is 18.3. The Morgan fingerprint density at radius 2 is 2.00 bits per heavy atom. The van der Waals surface area contributed by atoms with Crippen LogP contribution >= 0.6 is 0 Å². The molecule has 0 fully saturated rings. The van der Waals surface area contributed by atoms with Gasteiger partial charge in [0.05, 0.1) is 6.10 Å². The lowest BCUT2D eigenvalue weighted by atomic mass is 10.1. The Balaban J connectivity index is 2.24. The third-order valence-electron chi connectivity index (χ3n) is 3.15. The number of hydrogen-bond acceptors (Lipinski definition) is 4. The molecule has 5 nitrogen and oxygen atoms in total. The lowest BCUT2D eigenvalue weighted by molar-refractivity contribution is 0.102. The number of amides is 1. The van der Waals surface area contributed by atoms with E-state index in [1.807, 2.05) is 37.2 Å². The fourth-order valence-electron chi connectivity index (χ4n) is 1.98. The number of aliphatic hydroxyl groups excluding tert-OH is 1. The van der Waals surface area contributed by atoms with E-state index in [4.69, 9.17) is 0 Å². The van der Waals surface area contributed by atoms with E-state index in [2.05, 4.69) is 10.3 Å². The van der Waals surface area contributed by atoms with Crippen LogP contribution in [-0.4, -0.2) is 30.1 Å². The zero-order valence-corrected chi connectivity index (χ0v) is 12.4. The summed E-state index contributed by atoms with van der Waals surface area (Å²) in [6.07, 6.45) is 0.952. The van der Waals surface area contributed by atoms with Gasteiger partial charge < -0.3 is 15.3 Å². The highest BCUT2D eigenvalue weighted by atomic mass is 16.3. The Bertz CT molecular complexity index is 639. The van der Waals surface area contributed by atoms with E-state index in [1.165, 1.54) is 0 Å². The number of nitrogens with one attached hydrogen (secondary N) is 1. The van der Waals surface area contributed by atoms with E-state index in [0.29, 0.717) is 16.9 Å². The molecule has 2 N–H and O–H groups in total. The Morgan fingerprint density at radius 3 is 2.67 bits per heavy atom. The molecule has 2 rings (SSSR count). The molecule has 5 heteroatoms. The van der Waals surface area contributed by atoms with Crippen molar-refractivity contribution >= 4 is 17.3 Å². The maximum Gasteiger partial charge on any atom is 0.274 e. The quantitative estimate of drug-likeness (QED) is 0.905. The summed E-state index contributed by atoms with van der Waals surface area (Å²) in [6, 6.07) is 10.7. The predicted molar refractivity (Wildman–Crippen MR) is 83.6 cm³/mol. The number of carbonyl (C=O) groups excluding carboxylic acids is 1. The van der Waals surface area contributed by atoms with Crippen LogP contribution in [0.1, 0.15) is 29.1 Å². The molecular weight excluding hydrogens is 266 g/mol. The number of rotatable bonds is 4. The third kappa shape index (κ3) is 3.58. The first-order valence-corrected chi connectivity index (χ1v) is 6.70. The molecule has 1 aromatic heterocycles. The van der Waals surface area contributed by atoms with Gasteiger partial charge in [0.1, 0.15) is 5.69 Å². The lowest BCUT2D eigenvalue weighted by Gasteiger charge is -2.14. The number of anilines is 2. The van der Waals surface area contributed by atoms with Gasteiger partial charge in [-0.15, -0.1) is 0 Å². The summed E-state index contributed by atoms with van der Waals surface area (Å²) in [6.45, 7) is 1.66. The van der Waals surface area contributed by atoms with Gasteiger partial charge in [0.25, 0.3) is 5.91 Å². The van der Waals surface area contributed by atoms with Crippen molar-refractivity contribution in [3.8, 4) is 0 Å². The fraction of sp³-hybridized carbons (Fsp3) is 0.250. The van der Waals surface area contributed by atoms with E-state index < -0.39 is 6.10 Å². The van der Waals surface area contributed by atoms with Gasteiger partial charge in [-0.2, -0.15) is 0 Å². The van der Waals surface area contributed by atoms with Crippen LogP contribution in [0.5, 0.6) is 0 Å². The molecule has 21 heavy (non-hydrogen) atoms. The van der Waals surface area contributed by atoms with E-state index in [9.17, 15) is 9.90 Å². The average Bonchev–Trinajstić information content (AvgIpc) is 2.47. The number of benzene rings is 1. The largest absolute Gasteiger partial charge is 0.389 e. The van der Waals surface area contributed by atoms with Gasteiger partial charge in [-0.05, 0) is 25.1 Å². The van der Waals surface area contributed by atoms with E-state index in [0.717, 1.165) is 5.69 Å². The fourth-order valence-corrected chi connectivity index (χ4v) is 1.98. The summed E-state index contributed by atoms with van der Waals surface area (Å²) < 4.78 is 0. The molecule has 0 saturated carbocycles. The predicted octanol–water partition coefficient (Wildman–Crippen LogP) is 2.45. The molecule has 1 atom stereocenters. The van der Waals surface area contributed by atoms with Crippen molar-refractivity contribution in [1.82, 2.24) is 4.98 Å². The second-order valence-electron chi connectivity index (χ2n) is 5.01. The molecule has 0 aliphatic carbocycles. The monoisotopic (exact) mass is 285 g/mol. The molecule has 2 aromatic rings. The third-order valence-corrected chi connectivity index (χ3v) is 3.15. The van der Waals surface area contributed by atoms with Crippen LogP contribution in [0.3, 0.4) is 0 Å². The summed E-state index contributed by atoms with van der Waals surface area (Å²) in [7, 11) is 3.81. The van der Waals surface area contributed by atoms with Gasteiger partial charge in [-0.1, -0.05) is 18.2 Å². The number of para-hydroxylation sites is 1. The van der Waals surface area contributed by atoms with E-state index in [1.54, 1.807) is 31.3 Å². The average molecular weight is 285 g/mol. The molecule has 0 unspecified atom stereocenters. The van der Waals surface area contributed by atoms with Gasteiger partial charge in [0.2, 0.25) is 0 Å². The second-order valence-corrected chi connectivity index (χ2v) is 5.01. The summed E-state index contributed by atoms with van der Waals surface area (Å²) >= 11 is 0. The van der Waals surface area contributed by atoms with Gasteiger partial charge >= 0.3 is 0 Å². The zero-order chi connectivity index (χ0) is 15.4. The second kappa shape index (κ2) is 6.37. The SMILES string of the molecule is C[C@@H](O)c1ccccc1NC(=O)c1cc(N(C)C)ccn1. The molecule has 1 amide bonds. The van der Waals surface area contributed by atoms with Crippen LogP contribution in [0.25, 0.3) is 0 Å². The number of aliphatic hydroxyl groups is 1. The van der Waals surface area contributed by atoms with Crippen LogP contribution in [0.2, 0.25) is 0 Å². The van der Waals surface area contributed by atoms with Gasteiger partial charge in [-0.3, -0.25) is 9.78 Å². The van der Waals surface area contributed by atoms with E-state index in [-0.39, 0.29) is 5.91 Å². The standard InChI is InChI=1S/C16H19N3O2/c1-11(20)13-6-4-5-7-14(13)18-16(21)15-10-12(19(2)3)8-9-17-15/h4-11,20H,1-3H3,(H,18,21)/t11-/m1/s1. The minimum absolute atomic E-state index is 0.299. The van der Waals surface area contributed by atoms with Crippen molar-refractivity contribution in [2.45, 2.75) is 13.0 Å². The molecule has 0 saturated heterocycles. The highest BCUT2D eigenvalue weighted by molar-refractivity contribution is 6.03. The lowest BCUT2D eigenvalue weighted by Crippen LogP contribution is -2.17. The Labute approximate surface area is 124 Å². The van der Waals surface area contributed by atoms with Crippen molar-refractivity contribution in [3.63, 3.8) is 0 Å². The molecule has 0 aliphatic heterocycles. The summed E-state index contributed by atoms with van der Waals surface area (Å²) in [5, 5.41) is 12.5. The van der Waals surface area contributed by atoms with Crippen LogP contribution < -0.4 is 10.2 Å². The first-order chi connectivity index (χ1) is 9.99. The number of nitrogens with zero attached hydrogens (tertiary/aromatic N) is 2. The molecule has 1 aromatic carbocycles. The van der Waals surface area contributed by atoms with Crippen molar-refractivity contribution in [1.29, 1.82) is 0 Å². The van der Waals surface area contributed by atoms with Gasteiger partial charge in [-0.25, -0.2) is 0 Å². The maximum atomic E-state index is 12.3. The topological polar surface area (TPSA) is 65.5 Å². The highest BCUT2D eigenvalue weighted by Gasteiger charge is 2.13.